The maximum absolute atomic E-state index is 8.82. The Morgan fingerprint density at radius 2 is 2.25 bits per heavy atom. The van der Waals surface area contributed by atoms with Gasteiger partial charge in [0.1, 0.15) is 0 Å². The summed E-state index contributed by atoms with van der Waals surface area (Å²) in [5.74, 6) is 0. The van der Waals surface area contributed by atoms with E-state index < -0.39 is 0 Å². The fourth-order valence-electron chi connectivity index (χ4n) is 1.80. The zero-order chi connectivity index (χ0) is 9.19. The standard InChI is InChI=1S/C9H20N2O/c1-8(2)11-5-3-9(10,7-11)4-6-12/h8,12H,3-7,10H2,1-2H3. The van der Waals surface area contributed by atoms with E-state index >= 15 is 0 Å². The van der Waals surface area contributed by atoms with Gasteiger partial charge in [0.05, 0.1) is 0 Å². The van der Waals surface area contributed by atoms with Crippen molar-refractivity contribution < 1.29 is 5.11 Å². The number of likely N-dealkylation sites (tertiary alicyclic amines) is 1. The zero-order valence-electron chi connectivity index (χ0n) is 8.08. The molecule has 3 N–H and O–H groups in total. The molecule has 0 radical (unpaired) electrons. The van der Waals surface area contributed by atoms with Crippen molar-refractivity contribution in [3.05, 3.63) is 0 Å². The molecule has 0 bridgehead atoms. The highest BCUT2D eigenvalue weighted by atomic mass is 16.3. The molecule has 1 atom stereocenters. The van der Waals surface area contributed by atoms with Crippen LogP contribution in [0.25, 0.3) is 0 Å². The minimum atomic E-state index is -0.126. The third kappa shape index (κ3) is 2.19. The molecule has 1 rings (SSSR count). The molecule has 1 aliphatic heterocycles. The Hall–Kier alpha value is -0.120. The van der Waals surface area contributed by atoms with Crippen molar-refractivity contribution >= 4 is 0 Å². The summed E-state index contributed by atoms with van der Waals surface area (Å²) in [6, 6.07) is 0.578. The first-order chi connectivity index (χ1) is 5.57. The van der Waals surface area contributed by atoms with Gasteiger partial charge in [-0.25, -0.2) is 0 Å². The summed E-state index contributed by atoms with van der Waals surface area (Å²) < 4.78 is 0. The van der Waals surface area contributed by atoms with Gasteiger partial charge in [-0.05, 0) is 26.7 Å². The Balaban J connectivity index is 2.43. The van der Waals surface area contributed by atoms with Gasteiger partial charge in [-0.15, -0.1) is 0 Å². The lowest BCUT2D eigenvalue weighted by atomic mass is 9.96. The molecule has 1 unspecified atom stereocenters. The highest BCUT2D eigenvalue weighted by molar-refractivity contribution is 4.94. The van der Waals surface area contributed by atoms with Gasteiger partial charge in [0.25, 0.3) is 0 Å². The summed E-state index contributed by atoms with van der Waals surface area (Å²) in [5, 5.41) is 8.82. The summed E-state index contributed by atoms with van der Waals surface area (Å²) in [5.41, 5.74) is 5.97. The molecule has 0 aliphatic carbocycles. The molecule has 1 aliphatic rings. The van der Waals surface area contributed by atoms with E-state index in [0.717, 1.165) is 25.9 Å². The number of rotatable bonds is 3. The molecule has 0 amide bonds. The number of aliphatic hydroxyl groups is 1. The number of nitrogens with two attached hydrogens (primary N) is 1. The summed E-state index contributed by atoms with van der Waals surface area (Å²) in [4.78, 5) is 2.37. The summed E-state index contributed by atoms with van der Waals surface area (Å²) >= 11 is 0. The van der Waals surface area contributed by atoms with Crippen LogP contribution in [0, 0.1) is 0 Å². The lowest BCUT2D eigenvalue weighted by Crippen LogP contribution is -2.44. The first-order valence-corrected chi connectivity index (χ1v) is 4.71. The Kier molecular flexibility index (Phi) is 3.09. The third-order valence-electron chi connectivity index (χ3n) is 2.75. The molecule has 0 aromatic heterocycles. The molecule has 12 heavy (non-hydrogen) atoms. The first kappa shape index (κ1) is 9.96. The molecule has 1 fully saturated rings. The lowest BCUT2D eigenvalue weighted by Gasteiger charge is -2.25. The van der Waals surface area contributed by atoms with Crippen LogP contribution in [0.3, 0.4) is 0 Å². The highest BCUT2D eigenvalue weighted by Gasteiger charge is 2.34. The van der Waals surface area contributed by atoms with Gasteiger partial charge in [0.2, 0.25) is 0 Å². The third-order valence-corrected chi connectivity index (χ3v) is 2.75. The molecule has 1 heterocycles. The van der Waals surface area contributed by atoms with E-state index in [4.69, 9.17) is 10.8 Å². The highest BCUT2D eigenvalue weighted by Crippen LogP contribution is 2.23. The van der Waals surface area contributed by atoms with Gasteiger partial charge >= 0.3 is 0 Å². The fourth-order valence-corrected chi connectivity index (χ4v) is 1.80. The summed E-state index contributed by atoms with van der Waals surface area (Å²) in [6.45, 7) is 6.59. The molecular formula is C9H20N2O. The van der Waals surface area contributed by atoms with E-state index in [1.54, 1.807) is 0 Å². The molecule has 0 aromatic rings. The van der Waals surface area contributed by atoms with E-state index in [2.05, 4.69) is 18.7 Å². The van der Waals surface area contributed by atoms with Crippen LogP contribution in [0.4, 0.5) is 0 Å². The van der Waals surface area contributed by atoms with Crippen LogP contribution in [-0.2, 0) is 0 Å². The molecule has 3 heteroatoms. The van der Waals surface area contributed by atoms with Gasteiger partial charge in [-0.1, -0.05) is 0 Å². The monoisotopic (exact) mass is 172 g/mol. The molecule has 0 aromatic carbocycles. The predicted octanol–water partition coefficient (Wildman–Crippen LogP) is 0.180. The number of aliphatic hydroxyl groups excluding tert-OH is 1. The summed E-state index contributed by atoms with van der Waals surface area (Å²) in [6.07, 6.45) is 1.75. The van der Waals surface area contributed by atoms with Gasteiger partial charge in [0.15, 0.2) is 0 Å². The van der Waals surface area contributed by atoms with Crippen molar-refractivity contribution in [3.8, 4) is 0 Å². The number of hydrogen-bond donors (Lipinski definition) is 2. The Morgan fingerprint density at radius 3 is 2.67 bits per heavy atom. The molecule has 72 valence electrons. The maximum Gasteiger partial charge on any atom is 0.0449 e. The molecule has 0 spiro atoms. The van der Waals surface area contributed by atoms with Crippen molar-refractivity contribution in [2.45, 2.75) is 38.3 Å². The SMILES string of the molecule is CC(C)N1CCC(N)(CCO)C1. The maximum atomic E-state index is 8.82. The van der Waals surface area contributed by atoms with Gasteiger partial charge < -0.3 is 10.8 Å². The number of hydrogen-bond acceptors (Lipinski definition) is 3. The van der Waals surface area contributed by atoms with E-state index in [1.807, 2.05) is 0 Å². The van der Waals surface area contributed by atoms with Crippen molar-refractivity contribution in [2.75, 3.05) is 19.7 Å². The molecule has 0 saturated carbocycles. The smallest absolute Gasteiger partial charge is 0.0449 e. The van der Waals surface area contributed by atoms with Crippen molar-refractivity contribution in [2.24, 2.45) is 5.73 Å². The van der Waals surface area contributed by atoms with Crippen LogP contribution in [-0.4, -0.2) is 41.3 Å². The number of nitrogens with zero attached hydrogens (tertiary/aromatic N) is 1. The van der Waals surface area contributed by atoms with Crippen molar-refractivity contribution in [1.29, 1.82) is 0 Å². The van der Waals surface area contributed by atoms with Crippen LogP contribution in [0.2, 0.25) is 0 Å². The lowest BCUT2D eigenvalue weighted by molar-refractivity contribution is 0.217. The van der Waals surface area contributed by atoms with E-state index in [1.165, 1.54) is 0 Å². The minimum absolute atomic E-state index is 0.126. The van der Waals surface area contributed by atoms with Crippen molar-refractivity contribution in [3.63, 3.8) is 0 Å². The second-order valence-corrected chi connectivity index (χ2v) is 4.15. The second kappa shape index (κ2) is 3.73. The Morgan fingerprint density at radius 1 is 1.58 bits per heavy atom. The average molecular weight is 172 g/mol. The van der Waals surface area contributed by atoms with Crippen LogP contribution < -0.4 is 5.73 Å². The molecule has 3 nitrogen and oxygen atoms in total. The van der Waals surface area contributed by atoms with Crippen LogP contribution in [0.15, 0.2) is 0 Å². The minimum Gasteiger partial charge on any atom is -0.396 e. The quantitative estimate of drug-likeness (QED) is 0.638. The van der Waals surface area contributed by atoms with Gasteiger partial charge in [-0.3, -0.25) is 4.90 Å². The normalized spacial score (nSPS) is 31.8. The molecular weight excluding hydrogens is 152 g/mol. The Bertz CT molecular complexity index is 149. The fraction of sp³-hybridized carbons (Fsp3) is 1.00. The van der Waals surface area contributed by atoms with Crippen LogP contribution in [0.1, 0.15) is 26.7 Å². The zero-order valence-corrected chi connectivity index (χ0v) is 8.08. The predicted molar refractivity (Wildman–Crippen MR) is 49.9 cm³/mol. The van der Waals surface area contributed by atoms with Crippen LogP contribution >= 0.6 is 0 Å². The second-order valence-electron chi connectivity index (χ2n) is 4.15. The van der Waals surface area contributed by atoms with Crippen molar-refractivity contribution in [1.82, 2.24) is 4.90 Å². The van der Waals surface area contributed by atoms with Gasteiger partial charge in [0, 0.05) is 31.3 Å². The topological polar surface area (TPSA) is 49.5 Å². The van der Waals surface area contributed by atoms with E-state index in [-0.39, 0.29) is 12.1 Å². The summed E-state index contributed by atoms with van der Waals surface area (Å²) in [7, 11) is 0. The molecule has 1 saturated heterocycles. The van der Waals surface area contributed by atoms with Crippen LogP contribution in [0.5, 0.6) is 0 Å². The van der Waals surface area contributed by atoms with E-state index in [9.17, 15) is 0 Å². The van der Waals surface area contributed by atoms with E-state index in [0.29, 0.717) is 6.04 Å². The Labute approximate surface area is 74.5 Å². The van der Waals surface area contributed by atoms with Gasteiger partial charge in [-0.2, -0.15) is 0 Å². The first-order valence-electron chi connectivity index (χ1n) is 4.71. The average Bonchev–Trinajstić information content (AvgIpc) is 2.33. The largest absolute Gasteiger partial charge is 0.396 e.